The van der Waals surface area contributed by atoms with E-state index in [2.05, 4.69) is 5.32 Å². The highest BCUT2D eigenvalue weighted by Gasteiger charge is 2.30. The highest BCUT2D eigenvalue weighted by molar-refractivity contribution is 4.88. The van der Waals surface area contributed by atoms with E-state index in [1.165, 1.54) is 6.42 Å². The van der Waals surface area contributed by atoms with Gasteiger partial charge in [0.1, 0.15) is 0 Å². The lowest BCUT2D eigenvalue weighted by atomic mass is 9.84. The molecule has 1 aliphatic rings. The number of hydrogen-bond donors (Lipinski definition) is 3. The predicted octanol–water partition coefficient (Wildman–Crippen LogP) is 1.04. The van der Waals surface area contributed by atoms with Crippen LogP contribution in [0, 0.1) is 0 Å². The molecule has 0 radical (unpaired) electrons. The average molecular weight is 201 g/mol. The van der Waals surface area contributed by atoms with Crippen LogP contribution in [0.1, 0.15) is 46.0 Å². The van der Waals surface area contributed by atoms with Gasteiger partial charge in [0.25, 0.3) is 0 Å². The molecular formula is C11H23NO2. The summed E-state index contributed by atoms with van der Waals surface area (Å²) in [6.45, 7) is 4.59. The van der Waals surface area contributed by atoms with Gasteiger partial charge >= 0.3 is 0 Å². The minimum atomic E-state index is -0.537. The summed E-state index contributed by atoms with van der Waals surface area (Å²) < 4.78 is 0. The van der Waals surface area contributed by atoms with E-state index in [0.717, 1.165) is 25.7 Å². The van der Waals surface area contributed by atoms with Crippen molar-refractivity contribution in [3.63, 3.8) is 0 Å². The third-order valence-electron chi connectivity index (χ3n) is 3.08. The molecule has 0 aromatic carbocycles. The molecule has 0 atom stereocenters. The average Bonchev–Trinajstić information content (AvgIpc) is 2.17. The Morgan fingerprint density at radius 1 is 1.21 bits per heavy atom. The zero-order chi connectivity index (χ0) is 10.7. The first kappa shape index (κ1) is 12.0. The quantitative estimate of drug-likeness (QED) is 0.637. The summed E-state index contributed by atoms with van der Waals surface area (Å²) in [4.78, 5) is 0. The summed E-state index contributed by atoms with van der Waals surface area (Å²) in [5.74, 6) is 0. The second-order valence-corrected chi connectivity index (χ2v) is 5.18. The van der Waals surface area contributed by atoms with Gasteiger partial charge < -0.3 is 15.5 Å². The molecule has 0 spiro atoms. The first-order valence-corrected chi connectivity index (χ1v) is 5.56. The topological polar surface area (TPSA) is 52.5 Å². The van der Waals surface area contributed by atoms with Gasteiger partial charge in [-0.15, -0.1) is 0 Å². The molecule has 0 aromatic heterocycles. The zero-order valence-electron chi connectivity index (χ0n) is 9.34. The molecule has 1 aliphatic carbocycles. The molecular weight excluding hydrogens is 178 g/mol. The Morgan fingerprint density at radius 3 is 2.29 bits per heavy atom. The standard InChI is InChI=1S/C11H23NO2/c1-10(2,9-13)12-8-11(14)6-4-3-5-7-11/h12-14H,3-9H2,1-2H3. The van der Waals surface area contributed by atoms with Crippen molar-refractivity contribution in [2.75, 3.05) is 13.2 Å². The van der Waals surface area contributed by atoms with Crippen molar-refractivity contribution in [3.05, 3.63) is 0 Å². The maximum Gasteiger partial charge on any atom is 0.0771 e. The first-order chi connectivity index (χ1) is 6.47. The molecule has 3 nitrogen and oxygen atoms in total. The lowest BCUT2D eigenvalue weighted by molar-refractivity contribution is -0.00351. The van der Waals surface area contributed by atoms with Crippen LogP contribution in [0.15, 0.2) is 0 Å². The molecule has 14 heavy (non-hydrogen) atoms. The Balaban J connectivity index is 2.35. The lowest BCUT2D eigenvalue weighted by Gasteiger charge is -2.35. The van der Waals surface area contributed by atoms with Crippen LogP contribution in [-0.4, -0.2) is 34.5 Å². The summed E-state index contributed by atoms with van der Waals surface area (Å²) in [6.07, 6.45) is 5.27. The Labute approximate surface area is 86.5 Å². The molecule has 1 saturated carbocycles. The maximum atomic E-state index is 10.2. The van der Waals surface area contributed by atoms with Crippen molar-refractivity contribution in [1.29, 1.82) is 0 Å². The number of aliphatic hydroxyl groups is 2. The van der Waals surface area contributed by atoms with Gasteiger partial charge in [-0.2, -0.15) is 0 Å². The zero-order valence-corrected chi connectivity index (χ0v) is 9.34. The molecule has 3 heteroatoms. The Bertz CT molecular complexity index is 174. The smallest absolute Gasteiger partial charge is 0.0771 e. The molecule has 0 unspecified atom stereocenters. The summed E-state index contributed by atoms with van der Waals surface area (Å²) in [5.41, 5.74) is -0.822. The molecule has 0 aromatic rings. The normalized spacial score (nSPS) is 22.3. The minimum Gasteiger partial charge on any atom is -0.394 e. The highest BCUT2D eigenvalue weighted by Crippen LogP contribution is 2.27. The predicted molar refractivity (Wildman–Crippen MR) is 57.2 cm³/mol. The fourth-order valence-corrected chi connectivity index (χ4v) is 1.85. The summed E-state index contributed by atoms with van der Waals surface area (Å²) in [6, 6.07) is 0. The maximum absolute atomic E-state index is 10.2. The van der Waals surface area contributed by atoms with Crippen LogP contribution >= 0.6 is 0 Å². The highest BCUT2D eigenvalue weighted by atomic mass is 16.3. The number of nitrogens with one attached hydrogen (secondary N) is 1. The monoisotopic (exact) mass is 201 g/mol. The van der Waals surface area contributed by atoms with E-state index in [1.54, 1.807) is 0 Å². The number of β-amino-alcohol motifs (C(OH)–C–C–N with tert-alkyl or cyclic N) is 1. The van der Waals surface area contributed by atoms with Gasteiger partial charge in [-0.25, -0.2) is 0 Å². The minimum absolute atomic E-state index is 0.100. The Hall–Kier alpha value is -0.120. The Morgan fingerprint density at radius 2 is 1.79 bits per heavy atom. The molecule has 1 fully saturated rings. The van der Waals surface area contributed by atoms with E-state index in [-0.39, 0.29) is 12.1 Å². The largest absolute Gasteiger partial charge is 0.394 e. The van der Waals surface area contributed by atoms with Crippen molar-refractivity contribution in [1.82, 2.24) is 5.32 Å². The van der Waals surface area contributed by atoms with Crippen LogP contribution in [0.25, 0.3) is 0 Å². The molecule has 0 bridgehead atoms. The summed E-state index contributed by atoms with van der Waals surface area (Å²) in [7, 11) is 0. The van der Waals surface area contributed by atoms with E-state index in [0.29, 0.717) is 6.54 Å². The van der Waals surface area contributed by atoms with Gasteiger partial charge in [-0.05, 0) is 26.7 Å². The molecule has 1 rings (SSSR count). The fourth-order valence-electron chi connectivity index (χ4n) is 1.85. The number of aliphatic hydroxyl groups excluding tert-OH is 1. The van der Waals surface area contributed by atoms with Crippen molar-refractivity contribution in [2.24, 2.45) is 0 Å². The van der Waals surface area contributed by atoms with Crippen molar-refractivity contribution in [2.45, 2.75) is 57.1 Å². The third-order valence-corrected chi connectivity index (χ3v) is 3.08. The third kappa shape index (κ3) is 3.56. The summed E-state index contributed by atoms with van der Waals surface area (Å²) in [5, 5.41) is 22.5. The van der Waals surface area contributed by atoms with Gasteiger partial charge in [-0.3, -0.25) is 0 Å². The van der Waals surface area contributed by atoms with Crippen LogP contribution in [0.3, 0.4) is 0 Å². The van der Waals surface area contributed by atoms with Crippen LogP contribution in [0.2, 0.25) is 0 Å². The Kier molecular flexibility index (Phi) is 3.93. The van der Waals surface area contributed by atoms with Gasteiger partial charge in [0, 0.05) is 12.1 Å². The molecule has 0 saturated heterocycles. The molecule has 84 valence electrons. The van der Waals surface area contributed by atoms with Gasteiger partial charge in [0.2, 0.25) is 0 Å². The molecule has 0 aliphatic heterocycles. The van der Waals surface area contributed by atoms with Gasteiger partial charge in [0.05, 0.1) is 12.2 Å². The molecule has 0 amide bonds. The summed E-state index contributed by atoms with van der Waals surface area (Å²) >= 11 is 0. The van der Waals surface area contributed by atoms with E-state index in [4.69, 9.17) is 5.11 Å². The van der Waals surface area contributed by atoms with Crippen LogP contribution in [-0.2, 0) is 0 Å². The number of rotatable bonds is 4. The van der Waals surface area contributed by atoms with Crippen molar-refractivity contribution in [3.8, 4) is 0 Å². The second kappa shape index (κ2) is 4.60. The molecule has 3 N–H and O–H groups in total. The lowest BCUT2D eigenvalue weighted by Crippen LogP contribution is -2.51. The van der Waals surface area contributed by atoms with E-state index >= 15 is 0 Å². The van der Waals surface area contributed by atoms with Crippen LogP contribution < -0.4 is 5.32 Å². The van der Waals surface area contributed by atoms with E-state index in [9.17, 15) is 5.11 Å². The van der Waals surface area contributed by atoms with E-state index < -0.39 is 5.60 Å². The van der Waals surface area contributed by atoms with Crippen molar-refractivity contribution < 1.29 is 10.2 Å². The van der Waals surface area contributed by atoms with Crippen LogP contribution in [0.5, 0.6) is 0 Å². The van der Waals surface area contributed by atoms with Crippen LogP contribution in [0.4, 0.5) is 0 Å². The molecule has 0 heterocycles. The SMILES string of the molecule is CC(C)(CO)NCC1(O)CCCCC1. The van der Waals surface area contributed by atoms with E-state index in [1.807, 2.05) is 13.8 Å². The van der Waals surface area contributed by atoms with Gasteiger partial charge in [-0.1, -0.05) is 19.3 Å². The van der Waals surface area contributed by atoms with Gasteiger partial charge in [0.15, 0.2) is 0 Å². The second-order valence-electron chi connectivity index (χ2n) is 5.18. The fraction of sp³-hybridized carbons (Fsp3) is 1.00. The number of hydrogen-bond acceptors (Lipinski definition) is 3. The van der Waals surface area contributed by atoms with Crippen molar-refractivity contribution >= 4 is 0 Å². The first-order valence-electron chi connectivity index (χ1n) is 5.56.